The molecule has 0 heterocycles. The van der Waals surface area contributed by atoms with E-state index in [0.29, 0.717) is 5.56 Å². The second kappa shape index (κ2) is 8.74. The van der Waals surface area contributed by atoms with Crippen molar-refractivity contribution in [2.45, 2.75) is 64.8 Å². The summed E-state index contributed by atoms with van der Waals surface area (Å²) in [6.07, 6.45) is -1.13. The van der Waals surface area contributed by atoms with E-state index >= 15 is 0 Å². The molecule has 0 saturated heterocycles. The van der Waals surface area contributed by atoms with E-state index in [1.807, 2.05) is 0 Å². The zero-order chi connectivity index (χ0) is 21.2. The molecule has 1 aliphatic carbocycles. The van der Waals surface area contributed by atoms with Gasteiger partial charge in [0.2, 0.25) is 0 Å². The lowest BCUT2D eigenvalue weighted by atomic mass is 9.61. The van der Waals surface area contributed by atoms with Gasteiger partial charge in [-0.2, -0.15) is 0 Å². The van der Waals surface area contributed by atoms with Gasteiger partial charge in [0.25, 0.3) is 0 Å². The summed E-state index contributed by atoms with van der Waals surface area (Å²) >= 11 is 3.36. The van der Waals surface area contributed by atoms with Gasteiger partial charge in [0.05, 0.1) is 23.7 Å². The molecule has 154 valence electrons. The monoisotopic (exact) mass is 454 g/mol. The lowest BCUT2D eigenvalue weighted by molar-refractivity contribution is -0.176. The summed E-state index contributed by atoms with van der Waals surface area (Å²) in [6.45, 7) is 8.24. The fraction of sp³-hybridized carbons (Fsp3) is 0.571. The number of carbonyl (C=O) groups is 3. The zero-order valence-corrected chi connectivity index (χ0v) is 18.4. The number of aliphatic hydroxyl groups is 1. The number of Topliss-reactive ketones (excluding diaryl/α,β-unsaturated/α-hetero) is 1. The summed E-state index contributed by atoms with van der Waals surface area (Å²) < 4.78 is 11.5. The Balaban J connectivity index is 2.59. The lowest BCUT2D eigenvalue weighted by Gasteiger charge is -2.44. The van der Waals surface area contributed by atoms with Crippen LogP contribution in [0.25, 0.3) is 0 Å². The van der Waals surface area contributed by atoms with Gasteiger partial charge in [0.1, 0.15) is 5.92 Å². The quantitative estimate of drug-likeness (QED) is 0.541. The minimum absolute atomic E-state index is 0.324. The van der Waals surface area contributed by atoms with Crippen LogP contribution in [0.3, 0.4) is 0 Å². The second-order valence-electron chi connectivity index (χ2n) is 8.00. The maximum atomic E-state index is 12.9. The van der Waals surface area contributed by atoms with Crippen LogP contribution in [0, 0.1) is 11.8 Å². The van der Waals surface area contributed by atoms with Gasteiger partial charge in [-0.3, -0.25) is 14.4 Å². The lowest BCUT2D eigenvalue weighted by Crippen LogP contribution is -2.55. The standard InChI is InChI=1S/C21H27BrO6/c1-11(2)27-19(24)17-15(23)10-21(5,26)18(20(25)28-12(3)4)16(17)13-6-8-14(22)9-7-13/h6-9,11-12,16-18,26H,10H2,1-5H3/t16-,17+,18+,21-/m0/s1. The number of ether oxygens (including phenoxy) is 2. The SMILES string of the molecule is CC(C)OC(=O)[C@@H]1C(=O)C[C@](C)(O)[C@@H](C(=O)OC(C)C)[C@H]1c1ccc(Br)cc1. The van der Waals surface area contributed by atoms with Gasteiger partial charge in [0, 0.05) is 16.8 Å². The van der Waals surface area contributed by atoms with E-state index in [9.17, 15) is 19.5 Å². The van der Waals surface area contributed by atoms with Crippen LogP contribution in [0.4, 0.5) is 0 Å². The summed E-state index contributed by atoms with van der Waals surface area (Å²) in [7, 11) is 0. The van der Waals surface area contributed by atoms with Crippen LogP contribution >= 0.6 is 15.9 Å². The topological polar surface area (TPSA) is 89.9 Å². The molecule has 1 saturated carbocycles. The smallest absolute Gasteiger partial charge is 0.317 e. The van der Waals surface area contributed by atoms with Crippen molar-refractivity contribution in [1.29, 1.82) is 0 Å². The highest BCUT2D eigenvalue weighted by Gasteiger charge is 2.57. The predicted octanol–water partition coefficient (Wildman–Crippen LogP) is 3.39. The number of halogens is 1. The van der Waals surface area contributed by atoms with Crippen LogP contribution in [0.15, 0.2) is 28.7 Å². The number of hydrogen-bond acceptors (Lipinski definition) is 6. The Hall–Kier alpha value is -1.73. The van der Waals surface area contributed by atoms with Crippen LogP contribution < -0.4 is 0 Å². The molecule has 0 aliphatic heterocycles. The molecular formula is C21H27BrO6. The largest absolute Gasteiger partial charge is 0.463 e. The molecule has 0 aromatic heterocycles. The molecule has 2 rings (SSSR count). The first kappa shape index (κ1) is 22.6. The summed E-state index contributed by atoms with van der Waals surface area (Å²) in [6, 6.07) is 6.99. The number of esters is 2. The molecule has 0 radical (unpaired) electrons. The molecule has 1 N–H and O–H groups in total. The van der Waals surface area contributed by atoms with Gasteiger partial charge in [-0.1, -0.05) is 28.1 Å². The minimum Gasteiger partial charge on any atom is -0.463 e. The van der Waals surface area contributed by atoms with Crippen molar-refractivity contribution in [2.75, 3.05) is 0 Å². The fourth-order valence-electron chi connectivity index (χ4n) is 3.71. The van der Waals surface area contributed by atoms with Crippen molar-refractivity contribution < 1.29 is 29.0 Å². The fourth-order valence-corrected chi connectivity index (χ4v) is 3.98. The molecule has 1 aliphatic rings. The first-order valence-corrected chi connectivity index (χ1v) is 10.1. The van der Waals surface area contributed by atoms with E-state index in [0.717, 1.165) is 4.47 Å². The van der Waals surface area contributed by atoms with Gasteiger partial charge in [-0.05, 0) is 52.3 Å². The van der Waals surface area contributed by atoms with Crippen LogP contribution in [-0.4, -0.2) is 40.6 Å². The Morgan fingerprint density at radius 2 is 1.57 bits per heavy atom. The Labute approximate surface area is 173 Å². The molecule has 28 heavy (non-hydrogen) atoms. The molecule has 6 nitrogen and oxygen atoms in total. The van der Waals surface area contributed by atoms with Crippen LogP contribution in [0.1, 0.15) is 52.5 Å². The Kier molecular flexibility index (Phi) is 7.04. The van der Waals surface area contributed by atoms with Crippen molar-refractivity contribution in [3.8, 4) is 0 Å². The van der Waals surface area contributed by atoms with Crippen molar-refractivity contribution in [2.24, 2.45) is 11.8 Å². The molecule has 0 amide bonds. The molecule has 7 heteroatoms. The predicted molar refractivity (Wildman–Crippen MR) is 107 cm³/mol. The molecule has 0 bridgehead atoms. The van der Waals surface area contributed by atoms with E-state index < -0.39 is 53.3 Å². The molecule has 1 aromatic rings. The minimum atomic E-state index is -1.64. The summed E-state index contributed by atoms with van der Waals surface area (Å²) in [4.78, 5) is 38.6. The average Bonchev–Trinajstić information content (AvgIpc) is 2.52. The summed E-state index contributed by atoms with van der Waals surface area (Å²) in [5.74, 6) is -4.93. The molecular weight excluding hydrogens is 428 g/mol. The highest BCUT2D eigenvalue weighted by Crippen LogP contribution is 2.47. The van der Waals surface area contributed by atoms with E-state index in [1.165, 1.54) is 6.92 Å². The third kappa shape index (κ3) is 5.00. The second-order valence-corrected chi connectivity index (χ2v) is 8.92. The molecule has 0 spiro atoms. The number of carbonyl (C=O) groups excluding carboxylic acids is 3. The maximum absolute atomic E-state index is 12.9. The van der Waals surface area contributed by atoms with E-state index in [4.69, 9.17) is 9.47 Å². The van der Waals surface area contributed by atoms with Crippen LogP contribution in [0.5, 0.6) is 0 Å². The van der Waals surface area contributed by atoms with Crippen molar-refractivity contribution in [3.63, 3.8) is 0 Å². The zero-order valence-electron chi connectivity index (χ0n) is 16.8. The van der Waals surface area contributed by atoms with E-state index in [-0.39, 0.29) is 6.42 Å². The Bertz CT molecular complexity index is 730. The van der Waals surface area contributed by atoms with Gasteiger partial charge >= 0.3 is 11.9 Å². The maximum Gasteiger partial charge on any atom is 0.317 e. The molecule has 1 fully saturated rings. The third-order valence-electron chi connectivity index (χ3n) is 4.73. The van der Waals surface area contributed by atoms with Crippen molar-refractivity contribution in [1.82, 2.24) is 0 Å². The summed E-state index contributed by atoms with van der Waals surface area (Å²) in [5, 5.41) is 11.0. The highest BCUT2D eigenvalue weighted by molar-refractivity contribution is 9.10. The van der Waals surface area contributed by atoms with Crippen LogP contribution in [-0.2, 0) is 23.9 Å². The van der Waals surface area contributed by atoms with Crippen LogP contribution in [0.2, 0.25) is 0 Å². The number of hydrogen-bond donors (Lipinski definition) is 1. The number of ketones is 1. The van der Waals surface area contributed by atoms with Gasteiger partial charge < -0.3 is 14.6 Å². The van der Waals surface area contributed by atoms with E-state index in [1.54, 1.807) is 52.0 Å². The number of rotatable bonds is 5. The Morgan fingerprint density at radius 1 is 1.07 bits per heavy atom. The molecule has 1 aromatic carbocycles. The first-order chi connectivity index (χ1) is 12.9. The molecule has 0 unspecified atom stereocenters. The van der Waals surface area contributed by atoms with E-state index in [2.05, 4.69) is 15.9 Å². The first-order valence-electron chi connectivity index (χ1n) is 9.35. The third-order valence-corrected chi connectivity index (χ3v) is 5.26. The van der Waals surface area contributed by atoms with Crippen molar-refractivity contribution in [3.05, 3.63) is 34.3 Å². The number of benzene rings is 1. The molecule has 4 atom stereocenters. The highest BCUT2D eigenvalue weighted by atomic mass is 79.9. The average molecular weight is 455 g/mol. The van der Waals surface area contributed by atoms with Gasteiger partial charge in [-0.25, -0.2) is 0 Å². The Morgan fingerprint density at radius 3 is 2.07 bits per heavy atom. The van der Waals surface area contributed by atoms with Crippen molar-refractivity contribution >= 4 is 33.7 Å². The van der Waals surface area contributed by atoms with Gasteiger partial charge in [-0.15, -0.1) is 0 Å². The van der Waals surface area contributed by atoms with Gasteiger partial charge in [0.15, 0.2) is 5.78 Å². The summed E-state index contributed by atoms with van der Waals surface area (Å²) in [5.41, 5.74) is -1.05. The normalized spacial score (nSPS) is 27.8.